The van der Waals surface area contributed by atoms with E-state index in [0.717, 1.165) is 73.7 Å². The van der Waals surface area contributed by atoms with Crippen molar-refractivity contribution in [3.63, 3.8) is 0 Å². The van der Waals surface area contributed by atoms with E-state index >= 15 is 0 Å². The maximum Gasteiger partial charge on any atom is 0.164 e. The number of rotatable bonds is 8. The fraction of sp³-hybridized carbons (Fsp3) is 0.0667. The zero-order valence-corrected chi connectivity index (χ0v) is 36.6. The monoisotopic (exact) mass is 859 g/mol. The fourth-order valence-corrected chi connectivity index (χ4v) is 10.4. The molecule has 11 aromatic rings. The van der Waals surface area contributed by atoms with E-state index in [1.807, 2.05) is 60.7 Å². The third-order valence-electron chi connectivity index (χ3n) is 13.4. The van der Waals surface area contributed by atoms with Crippen molar-refractivity contribution in [2.24, 2.45) is 0 Å². The van der Waals surface area contributed by atoms with Crippen LogP contribution in [0.5, 0.6) is 0 Å². The standard InChI is InChI=1S/C60H41N7/c1-2-54-61-49-27-15-17-29-53(49)67(54)52-28-16-14-26-46(52)51-36-50(62-57(63-51)37-18-6-3-7-19-37)40-30-32-44-47(34-40)55-42-24-12-13-25-43(42)56(44)48-35-41(31-33-45(48)55)60-65-58(38-20-8-4-9-21-38)64-59(66-60)39-22-10-5-11-23-39/h3-36,55-56H,2H2,1H3. The lowest BCUT2D eigenvalue weighted by molar-refractivity contribution is 0.754. The van der Waals surface area contributed by atoms with E-state index in [1.54, 1.807) is 0 Å². The molecule has 3 heterocycles. The van der Waals surface area contributed by atoms with E-state index in [4.69, 9.17) is 29.9 Å². The van der Waals surface area contributed by atoms with Crippen LogP contribution in [0.1, 0.15) is 58.0 Å². The summed E-state index contributed by atoms with van der Waals surface area (Å²) >= 11 is 0. The molecule has 0 spiro atoms. The van der Waals surface area contributed by atoms with Crippen molar-refractivity contribution in [3.05, 3.63) is 245 Å². The van der Waals surface area contributed by atoms with Crippen LogP contribution in [0.4, 0.5) is 0 Å². The van der Waals surface area contributed by atoms with Gasteiger partial charge in [0, 0.05) is 51.6 Å². The van der Waals surface area contributed by atoms with E-state index in [0.29, 0.717) is 23.3 Å². The first-order chi connectivity index (χ1) is 33.2. The fourth-order valence-electron chi connectivity index (χ4n) is 10.4. The smallest absolute Gasteiger partial charge is 0.164 e. The van der Waals surface area contributed by atoms with Crippen molar-refractivity contribution in [1.82, 2.24) is 34.5 Å². The van der Waals surface area contributed by atoms with E-state index < -0.39 is 0 Å². The van der Waals surface area contributed by atoms with Gasteiger partial charge in [0.15, 0.2) is 23.3 Å². The highest BCUT2D eigenvalue weighted by molar-refractivity contribution is 5.84. The lowest BCUT2D eigenvalue weighted by Crippen LogP contribution is -2.27. The summed E-state index contributed by atoms with van der Waals surface area (Å²) in [5, 5.41) is 0. The molecule has 2 atom stereocenters. The molecule has 0 amide bonds. The SMILES string of the molecule is CCc1nc2ccccc2n1-c1ccccc1-c1cc(-c2ccc3c(c2)C2c4ccccc4C3c3cc(-c4nc(-c5ccccc5)nc(-c5ccccc5)n4)ccc32)nc(-c2ccccc2)n1. The number of hydrogen-bond donors (Lipinski definition) is 0. The lowest BCUT2D eigenvalue weighted by atomic mass is 9.60. The number of aromatic nitrogens is 7. The molecule has 67 heavy (non-hydrogen) atoms. The van der Waals surface area contributed by atoms with Gasteiger partial charge < -0.3 is 0 Å². The van der Waals surface area contributed by atoms with Crippen LogP contribution in [0.15, 0.2) is 206 Å². The molecule has 316 valence electrons. The third-order valence-corrected chi connectivity index (χ3v) is 13.4. The van der Waals surface area contributed by atoms with Gasteiger partial charge >= 0.3 is 0 Å². The van der Waals surface area contributed by atoms with Crippen molar-refractivity contribution >= 4 is 11.0 Å². The highest BCUT2D eigenvalue weighted by Crippen LogP contribution is 2.56. The Morgan fingerprint density at radius 2 is 0.821 bits per heavy atom. The van der Waals surface area contributed by atoms with Gasteiger partial charge in [-0.1, -0.05) is 177 Å². The normalized spacial score (nSPS) is 14.4. The molecular formula is C60H41N7. The van der Waals surface area contributed by atoms with Gasteiger partial charge in [-0.3, -0.25) is 4.57 Å². The van der Waals surface area contributed by atoms with Crippen molar-refractivity contribution in [3.8, 4) is 73.8 Å². The summed E-state index contributed by atoms with van der Waals surface area (Å²) in [6.45, 7) is 2.16. The summed E-state index contributed by atoms with van der Waals surface area (Å²) in [4.78, 5) is 30.8. The van der Waals surface area contributed by atoms with Crippen LogP contribution in [0, 0.1) is 0 Å². The van der Waals surface area contributed by atoms with Crippen LogP contribution in [0.3, 0.4) is 0 Å². The zero-order chi connectivity index (χ0) is 44.4. The summed E-state index contributed by atoms with van der Waals surface area (Å²) in [6, 6.07) is 72.4. The summed E-state index contributed by atoms with van der Waals surface area (Å²) < 4.78 is 2.29. The summed E-state index contributed by atoms with van der Waals surface area (Å²) in [6.07, 6.45) is 0.792. The molecule has 8 aromatic carbocycles. The predicted octanol–water partition coefficient (Wildman–Crippen LogP) is 13.6. The minimum Gasteiger partial charge on any atom is -0.296 e. The van der Waals surface area contributed by atoms with Crippen LogP contribution in [0.25, 0.3) is 84.8 Å². The van der Waals surface area contributed by atoms with Crippen molar-refractivity contribution in [2.75, 3.05) is 0 Å². The second-order valence-electron chi connectivity index (χ2n) is 17.3. The minimum absolute atomic E-state index is 0.0368. The quantitative estimate of drug-likeness (QED) is 0.151. The number of aryl methyl sites for hydroxylation is 1. The second-order valence-corrected chi connectivity index (χ2v) is 17.3. The molecule has 2 bridgehead atoms. The molecule has 14 rings (SSSR count). The van der Waals surface area contributed by atoms with Gasteiger partial charge in [-0.05, 0) is 69.8 Å². The average Bonchev–Trinajstić information content (AvgIpc) is 3.79. The largest absolute Gasteiger partial charge is 0.296 e. The third kappa shape index (κ3) is 6.50. The first-order valence-corrected chi connectivity index (χ1v) is 22.9. The van der Waals surface area contributed by atoms with Gasteiger partial charge in [-0.15, -0.1) is 0 Å². The average molecular weight is 860 g/mol. The van der Waals surface area contributed by atoms with Crippen LogP contribution in [-0.2, 0) is 6.42 Å². The summed E-state index contributed by atoms with van der Waals surface area (Å²) in [7, 11) is 0. The molecule has 3 aliphatic rings. The second kappa shape index (κ2) is 15.8. The summed E-state index contributed by atoms with van der Waals surface area (Å²) in [5.74, 6) is 3.72. The van der Waals surface area contributed by atoms with Crippen molar-refractivity contribution < 1.29 is 0 Å². The highest BCUT2D eigenvalue weighted by Gasteiger charge is 2.41. The lowest BCUT2D eigenvalue weighted by Gasteiger charge is -2.42. The van der Waals surface area contributed by atoms with Crippen LogP contribution < -0.4 is 0 Å². The first-order valence-electron chi connectivity index (χ1n) is 22.9. The molecule has 7 nitrogen and oxygen atoms in total. The van der Waals surface area contributed by atoms with Gasteiger partial charge in [-0.25, -0.2) is 29.9 Å². The first kappa shape index (κ1) is 38.8. The molecule has 0 fully saturated rings. The molecule has 0 radical (unpaired) electrons. The molecule has 3 aliphatic carbocycles. The maximum absolute atomic E-state index is 5.33. The molecule has 0 aliphatic heterocycles. The Balaban J connectivity index is 0.949. The number of hydrogen-bond acceptors (Lipinski definition) is 6. The van der Waals surface area contributed by atoms with Crippen LogP contribution in [0.2, 0.25) is 0 Å². The molecule has 3 aromatic heterocycles. The van der Waals surface area contributed by atoms with Crippen molar-refractivity contribution in [1.29, 1.82) is 0 Å². The number of nitrogens with zero attached hydrogens (tertiary/aromatic N) is 7. The zero-order valence-electron chi connectivity index (χ0n) is 36.6. The molecule has 2 unspecified atom stereocenters. The molecule has 0 N–H and O–H groups in total. The molecule has 0 saturated heterocycles. The van der Waals surface area contributed by atoms with E-state index in [2.05, 4.69) is 157 Å². The Morgan fingerprint density at radius 3 is 1.43 bits per heavy atom. The van der Waals surface area contributed by atoms with Gasteiger partial charge in [0.1, 0.15) is 5.82 Å². The highest BCUT2D eigenvalue weighted by atomic mass is 15.1. The van der Waals surface area contributed by atoms with E-state index in [1.165, 1.54) is 33.4 Å². The van der Waals surface area contributed by atoms with Gasteiger partial charge in [0.05, 0.1) is 28.1 Å². The van der Waals surface area contributed by atoms with E-state index in [-0.39, 0.29) is 11.8 Å². The molecule has 0 saturated carbocycles. The predicted molar refractivity (Wildman–Crippen MR) is 267 cm³/mol. The Kier molecular flexibility index (Phi) is 9.13. The number of fused-ring (bicyclic) bond motifs is 1. The molecule has 7 heteroatoms. The Morgan fingerprint density at radius 1 is 0.358 bits per heavy atom. The van der Waals surface area contributed by atoms with Crippen molar-refractivity contribution in [2.45, 2.75) is 25.2 Å². The Hall–Kier alpha value is -8.68. The van der Waals surface area contributed by atoms with Gasteiger partial charge in [0.25, 0.3) is 0 Å². The number of benzene rings is 8. The van der Waals surface area contributed by atoms with Gasteiger partial charge in [0.2, 0.25) is 0 Å². The molecular weight excluding hydrogens is 819 g/mol. The van der Waals surface area contributed by atoms with Crippen LogP contribution >= 0.6 is 0 Å². The number of imidazole rings is 1. The van der Waals surface area contributed by atoms with Crippen LogP contribution in [-0.4, -0.2) is 34.5 Å². The minimum atomic E-state index is 0.0368. The van der Waals surface area contributed by atoms with E-state index in [9.17, 15) is 0 Å². The van der Waals surface area contributed by atoms with Gasteiger partial charge in [-0.2, -0.15) is 0 Å². The Bertz CT molecular complexity index is 3640. The summed E-state index contributed by atoms with van der Waals surface area (Å²) in [5.41, 5.74) is 18.6. The Labute approximate surface area is 388 Å². The topological polar surface area (TPSA) is 82.3 Å². The maximum atomic E-state index is 5.33. The number of para-hydroxylation sites is 3.